The van der Waals surface area contributed by atoms with Gasteiger partial charge < -0.3 is 15.1 Å². The molecule has 204 valence electrons. The second-order valence-corrected chi connectivity index (χ2v) is 11.4. The van der Waals surface area contributed by atoms with E-state index in [-0.39, 0.29) is 36.6 Å². The molecule has 0 unspecified atom stereocenters. The smallest absolute Gasteiger partial charge is 0.255 e. The summed E-state index contributed by atoms with van der Waals surface area (Å²) in [6, 6.07) is 23.0. The highest BCUT2D eigenvalue weighted by Crippen LogP contribution is 2.46. The molecule has 2 aliphatic heterocycles. The number of nitrogens with zero attached hydrogens (tertiary/aromatic N) is 3. The second kappa shape index (κ2) is 10.8. The van der Waals surface area contributed by atoms with Gasteiger partial charge in [-0.3, -0.25) is 14.4 Å². The first-order valence-corrected chi connectivity index (χ1v) is 13.8. The lowest BCUT2D eigenvalue weighted by molar-refractivity contribution is -0.136. The van der Waals surface area contributed by atoms with Gasteiger partial charge in [-0.05, 0) is 47.2 Å². The third-order valence-corrected chi connectivity index (χ3v) is 8.32. The molecule has 1 fully saturated rings. The molecule has 0 aliphatic carbocycles. The minimum absolute atomic E-state index is 0.0772. The Labute approximate surface area is 239 Å². The number of nitrogens with one attached hydrogen (secondary N) is 1. The molecule has 2 aliphatic rings. The van der Waals surface area contributed by atoms with Crippen LogP contribution in [0.15, 0.2) is 72.8 Å². The fourth-order valence-electron chi connectivity index (χ4n) is 5.88. The highest BCUT2D eigenvalue weighted by molar-refractivity contribution is 6.34. The van der Waals surface area contributed by atoms with Crippen LogP contribution in [0, 0.1) is 17.2 Å². The van der Waals surface area contributed by atoms with Crippen molar-refractivity contribution in [2.45, 2.75) is 44.2 Å². The lowest BCUT2D eigenvalue weighted by atomic mass is 9.80. The Bertz CT molecular complexity index is 1520. The van der Waals surface area contributed by atoms with Gasteiger partial charge in [-0.1, -0.05) is 80.0 Å². The van der Waals surface area contributed by atoms with E-state index in [4.69, 9.17) is 11.6 Å². The van der Waals surface area contributed by atoms with Gasteiger partial charge in [0.2, 0.25) is 11.8 Å². The Kier molecular flexibility index (Phi) is 7.39. The van der Waals surface area contributed by atoms with Crippen molar-refractivity contribution in [1.29, 1.82) is 5.26 Å². The van der Waals surface area contributed by atoms with Crippen molar-refractivity contribution in [2.75, 3.05) is 18.9 Å². The first kappa shape index (κ1) is 27.4. The number of halogens is 1. The quantitative estimate of drug-likeness (QED) is 0.435. The minimum atomic E-state index is -0.995. The number of likely N-dealkylation sites (N-methyl/N-ethyl adjacent to an activating group) is 1. The number of anilines is 1. The van der Waals surface area contributed by atoms with Gasteiger partial charge in [-0.25, -0.2) is 0 Å². The van der Waals surface area contributed by atoms with Crippen LogP contribution in [0.3, 0.4) is 0 Å². The number of hydrogen-bond donors (Lipinski definition) is 1. The standard InChI is InChI=1S/C32H31ClN4O3/c1-20(2)15-28(36(3)29(38)24-16-22(13-14-26(24)33)21-9-5-4-6-10-21)30(39)37-19-32(17-23(37)18-34)25-11-7-8-12-27(25)35-31(32)40/h4-14,16,20,23,28H,15,17,19H2,1-3H3,(H,35,40)/t23-,28-,32-/m0/s1. The van der Waals surface area contributed by atoms with Gasteiger partial charge >= 0.3 is 0 Å². The van der Waals surface area contributed by atoms with Crippen LogP contribution in [0.1, 0.15) is 42.6 Å². The number of likely N-dealkylation sites (tertiary alicyclic amines) is 1. The Morgan fingerprint density at radius 2 is 1.80 bits per heavy atom. The Morgan fingerprint density at radius 1 is 1.10 bits per heavy atom. The molecule has 3 aromatic carbocycles. The van der Waals surface area contributed by atoms with Crippen LogP contribution >= 0.6 is 11.6 Å². The van der Waals surface area contributed by atoms with Gasteiger partial charge in [0.05, 0.1) is 22.1 Å². The van der Waals surface area contributed by atoms with Gasteiger partial charge in [0.15, 0.2) is 0 Å². The number of carbonyl (C=O) groups excluding carboxylic acids is 3. The van der Waals surface area contributed by atoms with Gasteiger partial charge in [-0.15, -0.1) is 0 Å². The van der Waals surface area contributed by atoms with Crippen LogP contribution in [0.5, 0.6) is 0 Å². The third-order valence-electron chi connectivity index (χ3n) is 7.99. The molecule has 7 nitrogen and oxygen atoms in total. The zero-order chi connectivity index (χ0) is 28.6. The van der Waals surface area contributed by atoms with E-state index >= 15 is 0 Å². The largest absolute Gasteiger partial charge is 0.330 e. The topological polar surface area (TPSA) is 93.5 Å². The number of hydrogen-bond acceptors (Lipinski definition) is 4. The number of benzene rings is 3. The molecular formula is C32H31ClN4O3. The summed E-state index contributed by atoms with van der Waals surface area (Å²) < 4.78 is 0. The van der Waals surface area contributed by atoms with Crippen LogP contribution in [-0.2, 0) is 15.0 Å². The van der Waals surface area contributed by atoms with E-state index in [0.717, 1.165) is 16.7 Å². The lowest BCUT2D eigenvalue weighted by Gasteiger charge is -2.33. The Balaban J connectivity index is 1.46. The molecule has 40 heavy (non-hydrogen) atoms. The van der Waals surface area contributed by atoms with Crippen molar-refractivity contribution in [3.05, 3.63) is 88.9 Å². The predicted octanol–water partition coefficient (Wildman–Crippen LogP) is 5.51. The molecule has 2 heterocycles. The van der Waals surface area contributed by atoms with Gasteiger partial charge in [0.25, 0.3) is 5.91 Å². The minimum Gasteiger partial charge on any atom is -0.330 e. The fraction of sp³-hybridized carbons (Fsp3) is 0.312. The van der Waals surface area contributed by atoms with Crippen LogP contribution in [0.2, 0.25) is 5.02 Å². The summed E-state index contributed by atoms with van der Waals surface area (Å²) in [5.41, 5.74) is 2.59. The Morgan fingerprint density at radius 3 is 2.50 bits per heavy atom. The van der Waals surface area contributed by atoms with Crippen molar-refractivity contribution >= 4 is 35.0 Å². The third kappa shape index (κ3) is 4.73. The van der Waals surface area contributed by atoms with Crippen molar-refractivity contribution in [3.63, 3.8) is 0 Å². The first-order chi connectivity index (χ1) is 19.2. The maximum atomic E-state index is 14.2. The van der Waals surface area contributed by atoms with Crippen LogP contribution in [0.25, 0.3) is 11.1 Å². The molecule has 8 heteroatoms. The van der Waals surface area contributed by atoms with Crippen LogP contribution < -0.4 is 5.32 Å². The molecule has 0 aromatic heterocycles. The van der Waals surface area contributed by atoms with E-state index in [1.54, 1.807) is 19.2 Å². The monoisotopic (exact) mass is 554 g/mol. The zero-order valence-electron chi connectivity index (χ0n) is 22.7. The number of nitriles is 1. The van der Waals surface area contributed by atoms with E-state index < -0.39 is 17.5 Å². The van der Waals surface area contributed by atoms with Crippen molar-refractivity contribution < 1.29 is 14.4 Å². The average molecular weight is 555 g/mol. The second-order valence-electron chi connectivity index (χ2n) is 11.0. The molecular weight excluding hydrogens is 524 g/mol. The van der Waals surface area contributed by atoms with E-state index in [0.29, 0.717) is 22.7 Å². The SMILES string of the molecule is CC(C)C[C@@H](C(=O)N1C[C@]2(C[C@H]1C#N)C(=O)Nc1ccccc12)N(C)C(=O)c1cc(-c2ccccc2)ccc1Cl. The lowest BCUT2D eigenvalue weighted by Crippen LogP contribution is -2.52. The molecule has 1 spiro atoms. The zero-order valence-corrected chi connectivity index (χ0v) is 23.5. The van der Waals surface area contributed by atoms with E-state index in [1.165, 1.54) is 9.80 Å². The number of para-hydroxylation sites is 1. The Hall–Kier alpha value is -4.15. The molecule has 1 saturated heterocycles. The molecule has 0 bridgehead atoms. The molecule has 1 N–H and O–H groups in total. The fourth-order valence-corrected chi connectivity index (χ4v) is 6.08. The summed E-state index contributed by atoms with van der Waals surface area (Å²) in [5, 5.41) is 13.3. The summed E-state index contributed by atoms with van der Waals surface area (Å²) in [4.78, 5) is 44.2. The van der Waals surface area contributed by atoms with Crippen LogP contribution in [-0.4, -0.2) is 53.2 Å². The number of rotatable bonds is 6. The van der Waals surface area contributed by atoms with Gasteiger partial charge in [0, 0.05) is 25.7 Å². The normalized spacial score (nSPS) is 20.2. The molecule has 3 atom stereocenters. The summed E-state index contributed by atoms with van der Waals surface area (Å²) in [6.45, 7) is 4.04. The van der Waals surface area contributed by atoms with Gasteiger partial charge in [-0.2, -0.15) is 5.26 Å². The van der Waals surface area contributed by atoms with E-state index in [9.17, 15) is 19.6 Å². The average Bonchev–Trinajstić information content (AvgIpc) is 3.49. The van der Waals surface area contributed by atoms with Gasteiger partial charge in [0.1, 0.15) is 12.1 Å². The number of carbonyl (C=O) groups is 3. The summed E-state index contributed by atoms with van der Waals surface area (Å²) in [5.74, 6) is -0.852. The highest BCUT2D eigenvalue weighted by Gasteiger charge is 2.56. The predicted molar refractivity (Wildman–Crippen MR) is 155 cm³/mol. The molecule has 0 radical (unpaired) electrons. The summed E-state index contributed by atoms with van der Waals surface area (Å²) in [6.07, 6.45) is 0.594. The van der Waals surface area contributed by atoms with Crippen molar-refractivity contribution in [3.8, 4) is 17.2 Å². The molecule has 0 saturated carbocycles. The summed E-state index contributed by atoms with van der Waals surface area (Å²) in [7, 11) is 1.60. The van der Waals surface area contributed by atoms with E-state index in [1.807, 2.05) is 74.5 Å². The van der Waals surface area contributed by atoms with Crippen molar-refractivity contribution in [1.82, 2.24) is 9.80 Å². The summed E-state index contributed by atoms with van der Waals surface area (Å²) >= 11 is 6.50. The molecule has 3 aromatic rings. The maximum absolute atomic E-state index is 14.2. The first-order valence-electron chi connectivity index (χ1n) is 13.4. The number of amides is 3. The maximum Gasteiger partial charge on any atom is 0.255 e. The van der Waals surface area contributed by atoms with Crippen molar-refractivity contribution in [2.24, 2.45) is 5.92 Å². The van der Waals surface area contributed by atoms with Crippen LogP contribution in [0.4, 0.5) is 5.69 Å². The molecule has 3 amide bonds. The number of fused-ring (bicyclic) bond motifs is 2. The molecule has 5 rings (SSSR count). The van der Waals surface area contributed by atoms with E-state index in [2.05, 4.69) is 11.4 Å². The highest BCUT2D eigenvalue weighted by atomic mass is 35.5.